The summed E-state index contributed by atoms with van der Waals surface area (Å²) in [7, 11) is 0. The van der Waals surface area contributed by atoms with Crippen molar-refractivity contribution < 1.29 is 13.8 Å². The third-order valence-electron chi connectivity index (χ3n) is 2.63. The van der Waals surface area contributed by atoms with Crippen LogP contribution in [0, 0.1) is 0 Å². The third kappa shape index (κ3) is 2.42. The van der Waals surface area contributed by atoms with Gasteiger partial charge < -0.3 is 14.0 Å². The summed E-state index contributed by atoms with van der Waals surface area (Å²) in [5, 5.41) is 0. The molecule has 0 saturated carbocycles. The summed E-state index contributed by atoms with van der Waals surface area (Å²) < 4.78 is 19.0. The van der Waals surface area contributed by atoms with E-state index in [0.717, 1.165) is 0 Å². The first-order valence-electron chi connectivity index (χ1n) is 5.34. The van der Waals surface area contributed by atoms with E-state index in [1.54, 1.807) is 30.3 Å². The Morgan fingerprint density at radius 3 is 2.50 bits per heavy atom. The summed E-state index contributed by atoms with van der Waals surface area (Å²) >= 11 is 0. The minimum Gasteiger partial charge on any atom is -0.378 e. The lowest BCUT2D eigenvalue weighted by molar-refractivity contribution is 0.0583. The molecule has 3 nitrogen and oxygen atoms in total. The average Bonchev–Trinajstić information content (AvgIpc) is 2.39. The SMILES string of the molecule is O=C(B(F)c1ccccc1)N1CCOCC1. The van der Waals surface area contributed by atoms with Gasteiger partial charge in [0.1, 0.15) is 0 Å². The van der Waals surface area contributed by atoms with Crippen molar-refractivity contribution in [2.24, 2.45) is 0 Å². The van der Waals surface area contributed by atoms with E-state index < -0.39 is 12.8 Å². The molecule has 1 aliphatic rings. The number of hydrogen-bond acceptors (Lipinski definition) is 2. The van der Waals surface area contributed by atoms with Gasteiger partial charge >= 0.3 is 6.99 Å². The number of amides is 1. The smallest absolute Gasteiger partial charge is 0.378 e. The maximum atomic E-state index is 13.9. The topological polar surface area (TPSA) is 29.5 Å². The summed E-state index contributed by atoms with van der Waals surface area (Å²) in [6.07, 6.45) is 0. The molecule has 0 radical (unpaired) electrons. The van der Waals surface area contributed by atoms with Gasteiger partial charge in [-0.2, -0.15) is 0 Å². The van der Waals surface area contributed by atoms with Crippen molar-refractivity contribution in [2.75, 3.05) is 26.3 Å². The molecular formula is C11H13BFNO2. The average molecular weight is 221 g/mol. The minimum atomic E-state index is -1.56. The van der Waals surface area contributed by atoms with Crippen LogP contribution in [0.1, 0.15) is 0 Å². The van der Waals surface area contributed by atoms with Gasteiger partial charge in [0.2, 0.25) is 5.81 Å². The molecule has 1 aromatic rings. The second-order valence-corrected chi connectivity index (χ2v) is 3.71. The van der Waals surface area contributed by atoms with Gasteiger partial charge in [0, 0.05) is 13.1 Å². The number of benzene rings is 1. The summed E-state index contributed by atoms with van der Waals surface area (Å²) in [5.74, 6) is -0.463. The highest BCUT2D eigenvalue weighted by Crippen LogP contribution is 2.03. The molecular weight excluding hydrogens is 208 g/mol. The normalized spacial score (nSPS) is 15.9. The van der Waals surface area contributed by atoms with Crippen LogP contribution in [0.4, 0.5) is 9.11 Å². The monoisotopic (exact) mass is 221 g/mol. The standard InChI is InChI=1S/C11H13BFNO2/c13-12(10-4-2-1-3-5-10)11(15)14-6-8-16-9-7-14/h1-5H,6-9H2. The van der Waals surface area contributed by atoms with Crippen molar-refractivity contribution in [3.8, 4) is 0 Å². The molecule has 5 heteroatoms. The fourth-order valence-corrected chi connectivity index (χ4v) is 1.71. The Bertz CT molecular complexity index is 354. The highest BCUT2D eigenvalue weighted by atomic mass is 19.1. The predicted octanol–water partition coefficient (Wildman–Crippen LogP) is 0.888. The van der Waals surface area contributed by atoms with Crippen molar-refractivity contribution in [1.29, 1.82) is 0 Å². The van der Waals surface area contributed by atoms with Crippen LogP contribution in [-0.2, 0) is 4.74 Å². The van der Waals surface area contributed by atoms with Gasteiger partial charge in [-0.3, -0.25) is 4.79 Å². The summed E-state index contributed by atoms with van der Waals surface area (Å²) in [6, 6.07) is 8.52. The van der Waals surface area contributed by atoms with Crippen molar-refractivity contribution in [3.05, 3.63) is 30.3 Å². The first-order valence-corrected chi connectivity index (χ1v) is 5.34. The second-order valence-electron chi connectivity index (χ2n) is 3.71. The molecule has 0 atom stereocenters. The maximum Gasteiger partial charge on any atom is 0.479 e. The molecule has 2 rings (SSSR count). The van der Waals surface area contributed by atoms with Gasteiger partial charge in [-0.1, -0.05) is 30.3 Å². The zero-order valence-corrected chi connectivity index (χ0v) is 8.93. The Balaban J connectivity index is 2.04. The largest absolute Gasteiger partial charge is 0.479 e. The fraction of sp³-hybridized carbons (Fsp3) is 0.364. The number of hydrogen-bond donors (Lipinski definition) is 0. The van der Waals surface area contributed by atoms with Crippen LogP contribution < -0.4 is 5.46 Å². The van der Waals surface area contributed by atoms with Crippen LogP contribution in [0.15, 0.2) is 30.3 Å². The highest BCUT2D eigenvalue weighted by Gasteiger charge is 2.32. The number of carbonyl (C=O) groups excluding carboxylic acids is 1. The Morgan fingerprint density at radius 1 is 1.25 bits per heavy atom. The number of halogens is 1. The second kappa shape index (κ2) is 5.12. The Morgan fingerprint density at radius 2 is 1.88 bits per heavy atom. The van der Waals surface area contributed by atoms with Crippen LogP contribution in [0.3, 0.4) is 0 Å². The Hall–Kier alpha value is -1.36. The molecule has 1 saturated heterocycles. The van der Waals surface area contributed by atoms with Gasteiger partial charge in [-0.05, 0) is 5.46 Å². The molecule has 0 unspecified atom stereocenters. The number of rotatable bonds is 2. The van der Waals surface area contributed by atoms with Crippen LogP contribution in [-0.4, -0.2) is 44.0 Å². The van der Waals surface area contributed by atoms with E-state index in [9.17, 15) is 9.11 Å². The minimum absolute atomic E-state index is 0.416. The van der Waals surface area contributed by atoms with Crippen molar-refractivity contribution in [3.63, 3.8) is 0 Å². The van der Waals surface area contributed by atoms with E-state index in [2.05, 4.69) is 0 Å². The molecule has 1 amide bonds. The van der Waals surface area contributed by atoms with Crippen molar-refractivity contribution in [2.45, 2.75) is 0 Å². The van der Waals surface area contributed by atoms with E-state index in [0.29, 0.717) is 31.8 Å². The molecule has 1 aromatic carbocycles. The van der Waals surface area contributed by atoms with Crippen LogP contribution in [0.5, 0.6) is 0 Å². The number of ether oxygens (including phenoxy) is 1. The number of nitrogens with zero attached hydrogens (tertiary/aromatic N) is 1. The molecule has 0 aliphatic carbocycles. The zero-order chi connectivity index (χ0) is 11.4. The summed E-state index contributed by atoms with van der Waals surface area (Å²) in [6.45, 7) is 0.387. The van der Waals surface area contributed by atoms with Crippen molar-refractivity contribution in [1.82, 2.24) is 4.90 Å². The van der Waals surface area contributed by atoms with Gasteiger partial charge in [-0.25, -0.2) is 0 Å². The highest BCUT2D eigenvalue weighted by molar-refractivity contribution is 6.94. The number of morpholine rings is 1. The molecule has 1 fully saturated rings. The van der Waals surface area contributed by atoms with Crippen LogP contribution >= 0.6 is 0 Å². The van der Waals surface area contributed by atoms with Crippen LogP contribution in [0.2, 0.25) is 0 Å². The predicted molar refractivity (Wildman–Crippen MR) is 60.7 cm³/mol. The van der Waals surface area contributed by atoms with Gasteiger partial charge in [0.15, 0.2) is 0 Å². The molecule has 1 aliphatic heterocycles. The fourth-order valence-electron chi connectivity index (χ4n) is 1.71. The lowest BCUT2D eigenvalue weighted by atomic mass is 9.63. The van der Waals surface area contributed by atoms with Gasteiger partial charge in [0.05, 0.1) is 13.2 Å². The third-order valence-corrected chi connectivity index (χ3v) is 2.63. The zero-order valence-electron chi connectivity index (χ0n) is 8.93. The molecule has 0 bridgehead atoms. The lowest BCUT2D eigenvalue weighted by Crippen LogP contribution is -2.49. The lowest BCUT2D eigenvalue weighted by Gasteiger charge is -2.27. The molecule has 1 heterocycles. The van der Waals surface area contributed by atoms with Crippen LogP contribution in [0.25, 0.3) is 0 Å². The maximum absolute atomic E-state index is 13.9. The number of carbonyl (C=O) groups is 1. The van der Waals surface area contributed by atoms with E-state index in [1.807, 2.05) is 0 Å². The molecule has 0 aromatic heterocycles. The van der Waals surface area contributed by atoms with Gasteiger partial charge in [-0.15, -0.1) is 0 Å². The summed E-state index contributed by atoms with van der Waals surface area (Å²) in [4.78, 5) is 13.3. The summed E-state index contributed by atoms with van der Waals surface area (Å²) in [5.41, 5.74) is 0.416. The molecule has 84 valence electrons. The van der Waals surface area contributed by atoms with E-state index in [-0.39, 0.29) is 0 Å². The quantitative estimate of drug-likeness (QED) is 0.694. The van der Waals surface area contributed by atoms with E-state index in [1.165, 1.54) is 4.90 Å². The first kappa shape index (κ1) is 11.1. The van der Waals surface area contributed by atoms with E-state index in [4.69, 9.17) is 4.74 Å². The first-order chi connectivity index (χ1) is 7.79. The van der Waals surface area contributed by atoms with Crippen molar-refractivity contribution >= 4 is 18.3 Å². The van der Waals surface area contributed by atoms with Gasteiger partial charge in [0.25, 0.3) is 0 Å². The Labute approximate surface area is 94.3 Å². The van der Waals surface area contributed by atoms with E-state index >= 15 is 0 Å². The molecule has 0 spiro atoms. The molecule has 16 heavy (non-hydrogen) atoms. The molecule has 0 N–H and O–H groups in total. The Kier molecular flexibility index (Phi) is 3.56.